The van der Waals surface area contributed by atoms with Gasteiger partial charge in [-0.25, -0.2) is 28.1 Å². The number of hydrogen-bond donors (Lipinski definition) is 0. The smallest absolute Gasteiger partial charge is 0.350 e. The quantitative estimate of drug-likeness (QED) is 0.0581. The van der Waals surface area contributed by atoms with Crippen molar-refractivity contribution < 1.29 is 28.4 Å². The molecule has 0 N–H and O–H groups in total. The minimum absolute atomic E-state index is 0.000127. The third-order valence-electron chi connectivity index (χ3n) is 20.1. The van der Waals surface area contributed by atoms with Crippen LogP contribution in [-0.4, -0.2) is 144 Å². The van der Waals surface area contributed by atoms with Crippen molar-refractivity contribution in [1.29, 1.82) is 5.26 Å². The summed E-state index contributed by atoms with van der Waals surface area (Å²) < 4.78 is 49.3. The van der Waals surface area contributed by atoms with Crippen molar-refractivity contribution >= 4 is 33.8 Å². The number of nitriles is 1. The predicted molar refractivity (Wildman–Crippen MR) is 384 cm³/mol. The van der Waals surface area contributed by atoms with Crippen molar-refractivity contribution in [2.45, 2.75) is 96.4 Å². The summed E-state index contributed by atoms with van der Waals surface area (Å²) in [6.07, 6.45) is 7.46. The van der Waals surface area contributed by atoms with Crippen molar-refractivity contribution in [3.8, 4) is 40.1 Å². The Morgan fingerprint density at radius 1 is 0.554 bits per heavy atom. The number of anilines is 4. The van der Waals surface area contributed by atoms with Gasteiger partial charge in [0.05, 0.1) is 54.8 Å². The summed E-state index contributed by atoms with van der Waals surface area (Å²) in [5.74, 6) is -1.31. The molecule has 15 rings (SSSR count). The van der Waals surface area contributed by atoms with E-state index in [1.165, 1.54) is 4.68 Å². The maximum Gasteiger partial charge on any atom is 0.350 e. The van der Waals surface area contributed by atoms with Crippen LogP contribution in [0.15, 0.2) is 198 Å². The van der Waals surface area contributed by atoms with E-state index in [0.717, 1.165) is 108 Å². The van der Waals surface area contributed by atoms with Crippen LogP contribution in [0.2, 0.25) is 0 Å². The van der Waals surface area contributed by atoms with Crippen LogP contribution in [0.1, 0.15) is 74.9 Å². The highest BCUT2D eigenvalue weighted by molar-refractivity contribution is 5.82. The highest BCUT2D eigenvalue weighted by Crippen LogP contribution is 2.46. The Morgan fingerprint density at radius 2 is 1.05 bits per heavy atom. The minimum Gasteiger partial charge on any atom is -0.491 e. The van der Waals surface area contributed by atoms with Gasteiger partial charge in [0.2, 0.25) is 11.6 Å². The highest BCUT2D eigenvalue weighted by Gasteiger charge is 2.47. The number of aromatic nitrogens is 11. The lowest BCUT2D eigenvalue weighted by molar-refractivity contribution is -0.192. The third kappa shape index (κ3) is 13.4. The van der Waals surface area contributed by atoms with Crippen LogP contribution in [0.5, 0.6) is 11.5 Å². The molecule has 7 aromatic carbocycles. The lowest BCUT2D eigenvalue weighted by atomic mass is 9.88. The molecule has 8 heterocycles. The molecular weight excluding hydrogens is 1280 g/mol. The van der Waals surface area contributed by atoms with Gasteiger partial charge in [-0.1, -0.05) is 62.4 Å². The molecule has 4 aromatic heterocycles. The van der Waals surface area contributed by atoms with Crippen molar-refractivity contribution in [3.63, 3.8) is 0 Å². The molecule has 24 nitrogen and oxygen atoms in total. The van der Waals surface area contributed by atoms with E-state index in [1.807, 2.05) is 161 Å². The summed E-state index contributed by atoms with van der Waals surface area (Å²) in [7, 11) is 0. The summed E-state index contributed by atoms with van der Waals surface area (Å²) in [6.45, 7) is 17.5. The standard InChI is InChI=1S/C77H82N16O8/c1-6-54(3)92-74(94)89(52-80-92)62-23-19-59(20-24-62)84-36-38-86(39-37-84)61-27-30-65(31-28-61)96-46-66-49-99-77(101-66,51-91-82-70-16-11-12-17-71(70)83-91)69-32-18-57(45-78)73(56(69)5)68-44-64(87-42-40-85(41-43-87)60-21-25-63(26-22-60)90-53-81-93(75(90)95)55(4)7-2)29-33-72(68)97-47-67-48-98-76(100-67,50-88-35-13-34-79-88)58-14-9-8-10-15-58/h8-35,44,52-55,66-67H,6-7,36-43,46-51H2,1-5H3/t54?,55?,66-,67-,76-,77-/m1/s1. The molecule has 4 aliphatic rings. The molecule has 6 atom stereocenters. The number of benzene rings is 7. The number of rotatable bonds is 23. The largest absolute Gasteiger partial charge is 0.491 e. The molecule has 4 fully saturated rings. The van der Waals surface area contributed by atoms with E-state index in [-0.39, 0.29) is 56.4 Å². The van der Waals surface area contributed by atoms with Crippen molar-refractivity contribution in [1.82, 2.24) is 53.5 Å². The van der Waals surface area contributed by atoms with Gasteiger partial charge in [0.25, 0.3) is 0 Å². The van der Waals surface area contributed by atoms with E-state index in [2.05, 4.69) is 89.5 Å². The fourth-order valence-corrected chi connectivity index (χ4v) is 14.1. The molecule has 0 spiro atoms. The van der Waals surface area contributed by atoms with Crippen LogP contribution < -0.4 is 40.5 Å². The first-order valence-electron chi connectivity index (χ1n) is 34.9. The zero-order chi connectivity index (χ0) is 69.2. The highest BCUT2D eigenvalue weighted by atomic mass is 16.8. The summed E-state index contributed by atoms with van der Waals surface area (Å²) >= 11 is 0. The van der Waals surface area contributed by atoms with Gasteiger partial charge in [-0.05, 0) is 154 Å². The molecular formula is C77H82N16O8. The third-order valence-corrected chi connectivity index (χ3v) is 20.1. The Hall–Kier alpha value is -10.8. The first kappa shape index (κ1) is 66.1. The minimum atomic E-state index is -1.44. The lowest BCUT2D eigenvalue weighted by Gasteiger charge is -2.37. The number of hydrogen-bond acceptors (Lipinski definition) is 18. The van der Waals surface area contributed by atoms with Gasteiger partial charge in [0.15, 0.2) is 0 Å². The molecule has 24 heteroatoms. The van der Waals surface area contributed by atoms with E-state index in [0.29, 0.717) is 53.4 Å². The van der Waals surface area contributed by atoms with E-state index in [1.54, 1.807) is 37.5 Å². The molecule has 518 valence electrons. The Labute approximate surface area is 585 Å². The summed E-state index contributed by atoms with van der Waals surface area (Å²) in [5.41, 5.74) is 11.1. The number of nitrogens with zero attached hydrogens (tertiary/aromatic N) is 16. The fraction of sp³-hybridized carbons (Fsp3) is 0.351. The zero-order valence-electron chi connectivity index (χ0n) is 57.4. The lowest BCUT2D eigenvalue weighted by Crippen LogP contribution is -2.46. The van der Waals surface area contributed by atoms with Crippen molar-refractivity contribution in [2.75, 3.05) is 98.4 Å². The number of fused-ring (bicyclic) bond motifs is 1. The Kier molecular flexibility index (Phi) is 18.6. The van der Waals surface area contributed by atoms with Gasteiger partial charge in [-0.2, -0.15) is 35.6 Å². The first-order valence-corrected chi connectivity index (χ1v) is 34.9. The molecule has 4 aliphatic heterocycles. The molecule has 2 unspecified atom stereocenters. The molecule has 101 heavy (non-hydrogen) atoms. The molecule has 0 bridgehead atoms. The van der Waals surface area contributed by atoms with Gasteiger partial charge in [0.1, 0.15) is 67.2 Å². The zero-order valence-corrected chi connectivity index (χ0v) is 57.4. The number of ether oxygens (including phenoxy) is 6. The first-order chi connectivity index (χ1) is 49.3. The second-order valence-electron chi connectivity index (χ2n) is 26.4. The summed E-state index contributed by atoms with van der Waals surface area (Å²) in [4.78, 5) is 37.5. The van der Waals surface area contributed by atoms with Crippen LogP contribution in [0, 0.1) is 18.3 Å². The van der Waals surface area contributed by atoms with Crippen LogP contribution in [0.3, 0.4) is 0 Å². The molecule has 4 saturated heterocycles. The summed E-state index contributed by atoms with van der Waals surface area (Å²) in [6, 6.07) is 56.5. The van der Waals surface area contributed by atoms with Gasteiger partial charge in [0, 0.05) is 110 Å². The fourth-order valence-electron chi connectivity index (χ4n) is 14.1. The molecule has 11 aromatic rings. The van der Waals surface area contributed by atoms with E-state index in [9.17, 15) is 14.9 Å². The van der Waals surface area contributed by atoms with Gasteiger partial charge in [-0.3, -0.25) is 4.68 Å². The maximum absolute atomic E-state index is 13.3. The van der Waals surface area contributed by atoms with E-state index >= 15 is 0 Å². The molecule has 0 saturated carbocycles. The van der Waals surface area contributed by atoms with Crippen LogP contribution in [0.25, 0.3) is 33.5 Å². The second kappa shape index (κ2) is 28.4. The molecule has 0 amide bonds. The van der Waals surface area contributed by atoms with Gasteiger partial charge in [-0.15, -0.1) is 0 Å². The monoisotopic (exact) mass is 1360 g/mol. The van der Waals surface area contributed by atoms with Crippen LogP contribution >= 0.6 is 0 Å². The van der Waals surface area contributed by atoms with Crippen molar-refractivity contribution in [2.24, 2.45) is 0 Å². The van der Waals surface area contributed by atoms with E-state index in [4.69, 9.17) is 38.6 Å². The maximum atomic E-state index is 13.3. The topological polar surface area (TPSA) is 220 Å². The van der Waals surface area contributed by atoms with Crippen LogP contribution in [-0.2, 0) is 43.6 Å². The predicted octanol–water partition coefficient (Wildman–Crippen LogP) is 10.5. The Balaban J connectivity index is 0.682. The normalized spacial score (nSPS) is 20.0. The second-order valence-corrected chi connectivity index (χ2v) is 26.4. The van der Waals surface area contributed by atoms with E-state index < -0.39 is 23.8 Å². The average Bonchev–Trinajstić information content (AvgIpc) is 1.68. The Morgan fingerprint density at radius 3 is 1.58 bits per heavy atom. The SMILES string of the molecule is CCC(C)n1ncn(-c2ccc(N3CCN(c4ccc(OC[C@@H]5CO[C@@](Cn6nc7ccccc7n6)(c6ccc(C#N)c(-c7cc(N8CCN(c9ccc(-n%10cnn(C(C)CC)c%10=O)cc9)CC8)ccc7OC[C@@H]7CO[C@@](Cn8cccn8)(c8ccccc8)O7)c6C)O5)cc4)CC3)cc2)c1=O. The van der Waals surface area contributed by atoms with Crippen molar-refractivity contribution in [3.05, 3.63) is 232 Å². The van der Waals surface area contributed by atoms with Gasteiger partial charge < -0.3 is 48.0 Å². The Bertz CT molecular complexity index is 4810. The average molecular weight is 1360 g/mol. The van der Waals surface area contributed by atoms with Crippen LogP contribution in [0.4, 0.5) is 22.7 Å². The summed E-state index contributed by atoms with van der Waals surface area (Å²) in [5, 5.41) is 34.3. The molecule has 0 aliphatic carbocycles. The van der Waals surface area contributed by atoms with Gasteiger partial charge >= 0.3 is 11.4 Å². The number of piperazine rings is 2. The molecule has 0 radical (unpaired) electrons.